The van der Waals surface area contributed by atoms with Crippen molar-refractivity contribution in [1.29, 1.82) is 0 Å². The number of nitrogens with zero attached hydrogens (tertiary/aromatic N) is 3. The maximum absolute atomic E-state index is 12.2. The van der Waals surface area contributed by atoms with E-state index in [4.69, 9.17) is 16.3 Å². The van der Waals surface area contributed by atoms with Gasteiger partial charge in [-0.1, -0.05) is 25.4 Å². The summed E-state index contributed by atoms with van der Waals surface area (Å²) >= 11 is 6.04. The number of hydrogen-bond acceptors (Lipinski definition) is 6. The highest BCUT2D eigenvalue weighted by Gasteiger charge is 2.19. The molecule has 7 nitrogen and oxygen atoms in total. The van der Waals surface area contributed by atoms with E-state index in [0.717, 1.165) is 26.1 Å². The van der Waals surface area contributed by atoms with Gasteiger partial charge in [0.2, 0.25) is 5.88 Å². The SMILES string of the molecule is CCNc1nc(OC)c(C(=O)NCCCN(CC)CC)nc1Cl. The number of anilines is 1. The molecule has 0 radical (unpaired) electrons. The smallest absolute Gasteiger partial charge is 0.275 e. The van der Waals surface area contributed by atoms with E-state index in [-0.39, 0.29) is 22.6 Å². The molecule has 1 rings (SSSR count). The van der Waals surface area contributed by atoms with Gasteiger partial charge in [-0.2, -0.15) is 4.98 Å². The van der Waals surface area contributed by atoms with Gasteiger partial charge in [0.05, 0.1) is 7.11 Å². The number of amides is 1. The molecule has 1 amide bonds. The van der Waals surface area contributed by atoms with Crippen LogP contribution < -0.4 is 15.4 Å². The summed E-state index contributed by atoms with van der Waals surface area (Å²) in [5.74, 6) is 0.231. The van der Waals surface area contributed by atoms with Crippen molar-refractivity contribution in [1.82, 2.24) is 20.2 Å². The lowest BCUT2D eigenvalue weighted by Gasteiger charge is -2.17. The maximum Gasteiger partial charge on any atom is 0.275 e. The Balaban J connectivity index is 2.66. The van der Waals surface area contributed by atoms with Gasteiger partial charge >= 0.3 is 0 Å². The van der Waals surface area contributed by atoms with Gasteiger partial charge in [-0.3, -0.25) is 4.79 Å². The zero-order valence-electron chi connectivity index (χ0n) is 14.3. The molecule has 0 fully saturated rings. The molecule has 0 unspecified atom stereocenters. The van der Waals surface area contributed by atoms with Crippen LogP contribution in [0.15, 0.2) is 0 Å². The van der Waals surface area contributed by atoms with E-state index in [1.165, 1.54) is 7.11 Å². The number of carbonyl (C=O) groups excluding carboxylic acids is 1. The largest absolute Gasteiger partial charge is 0.479 e. The minimum absolute atomic E-state index is 0.0991. The standard InChI is InChI=1S/C15H26ClN5O2/c1-5-17-13-12(16)19-11(15(20-13)23-4)14(22)18-9-8-10-21(6-2)7-3/h5-10H2,1-4H3,(H,17,20)(H,18,22). The molecule has 0 saturated heterocycles. The lowest BCUT2D eigenvalue weighted by Crippen LogP contribution is -2.30. The van der Waals surface area contributed by atoms with Gasteiger partial charge in [-0.25, -0.2) is 4.98 Å². The summed E-state index contributed by atoms with van der Waals surface area (Å²) in [6.07, 6.45) is 0.867. The van der Waals surface area contributed by atoms with Crippen molar-refractivity contribution in [3.63, 3.8) is 0 Å². The Hall–Kier alpha value is -1.60. The van der Waals surface area contributed by atoms with Crippen LogP contribution in [-0.2, 0) is 0 Å². The van der Waals surface area contributed by atoms with Crippen LogP contribution in [0.5, 0.6) is 5.88 Å². The van der Waals surface area contributed by atoms with E-state index in [9.17, 15) is 4.79 Å². The molecule has 23 heavy (non-hydrogen) atoms. The van der Waals surface area contributed by atoms with Crippen LogP contribution in [-0.4, -0.2) is 60.6 Å². The predicted molar refractivity (Wildman–Crippen MR) is 92.5 cm³/mol. The second-order valence-electron chi connectivity index (χ2n) is 4.89. The van der Waals surface area contributed by atoms with Crippen LogP contribution in [0.1, 0.15) is 37.7 Å². The number of halogens is 1. The predicted octanol–water partition coefficient (Wildman–Crippen LogP) is 2.03. The highest BCUT2D eigenvalue weighted by atomic mass is 35.5. The van der Waals surface area contributed by atoms with Crippen molar-refractivity contribution in [2.24, 2.45) is 0 Å². The molecule has 0 bridgehead atoms. The Morgan fingerprint density at radius 3 is 2.52 bits per heavy atom. The summed E-state index contributed by atoms with van der Waals surface area (Å²) in [7, 11) is 1.45. The first-order chi connectivity index (χ1) is 11.1. The molecular weight excluding hydrogens is 318 g/mol. The monoisotopic (exact) mass is 343 g/mol. The van der Waals surface area contributed by atoms with Crippen molar-refractivity contribution in [3.05, 3.63) is 10.8 Å². The molecule has 1 aromatic heterocycles. The van der Waals surface area contributed by atoms with Crippen LogP contribution >= 0.6 is 11.6 Å². The van der Waals surface area contributed by atoms with E-state index >= 15 is 0 Å². The average Bonchev–Trinajstić information content (AvgIpc) is 2.56. The number of hydrogen-bond donors (Lipinski definition) is 2. The zero-order chi connectivity index (χ0) is 17.2. The van der Waals surface area contributed by atoms with Crippen LogP contribution in [0.4, 0.5) is 5.82 Å². The molecule has 0 atom stereocenters. The molecule has 8 heteroatoms. The van der Waals surface area contributed by atoms with E-state index in [1.807, 2.05) is 6.92 Å². The van der Waals surface area contributed by atoms with Gasteiger partial charge in [-0.15, -0.1) is 0 Å². The summed E-state index contributed by atoms with van der Waals surface area (Å²) in [5, 5.41) is 5.95. The van der Waals surface area contributed by atoms with Crippen LogP contribution in [0.2, 0.25) is 5.15 Å². The Kier molecular flexibility index (Phi) is 8.65. The first-order valence-electron chi connectivity index (χ1n) is 7.93. The molecule has 0 spiro atoms. The summed E-state index contributed by atoms with van der Waals surface area (Å²) in [5.41, 5.74) is 0.0991. The van der Waals surface area contributed by atoms with E-state index < -0.39 is 0 Å². The molecule has 0 aromatic carbocycles. The summed E-state index contributed by atoms with van der Waals surface area (Å²) in [6.45, 7) is 10.3. The summed E-state index contributed by atoms with van der Waals surface area (Å²) in [6, 6.07) is 0. The highest BCUT2D eigenvalue weighted by Crippen LogP contribution is 2.23. The van der Waals surface area contributed by atoms with Crippen molar-refractivity contribution < 1.29 is 9.53 Å². The zero-order valence-corrected chi connectivity index (χ0v) is 15.0. The van der Waals surface area contributed by atoms with Crippen LogP contribution in [0.25, 0.3) is 0 Å². The number of rotatable bonds is 10. The number of nitrogens with one attached hydrogen (secondary N) is 2. The quantitative estimate of drug-likeness (QED) is 0.633. The third-order valence-electron chi connectivity index (χ3n) is 3.41. The van der Waals surface area contributed by atoms with Gasteiger partial charge in [0.15, 0.2) is 16.7 Å². The molecule has 130 valence electrons. The lowest BCUT2D eigenvalue weighted by atomic mass is 10.3. The molecule has 0 aliphatic rings. The van der Waals surface area contributed by atoms with Crippen molar-refractivity contribution in [2.75, 3.05) is 45.2 Å². The molecule has 0 saturated carbocycles. The third kappa shape index (κ3) is 5.84. The van der Waals surface area contributed by atoms with Gasteiger partial charge < -0.3 is 20.3 Å². The minimum atomic E-state index is -0.334. The number of aromatic nitrogens is 2. The lowest BCUT2D eigenvalue weighted by molar-refractivity contribution is 0.0942. The van der Waals surface area contributed by atoms with Gasteiger partial charge in [-0.05, 0) is 33.0 Å². The van der Waals surface area contributed by atoms with E-state index in [1.54, 1.807) is 0 Å². The Morgan fingerprint density at radius 2 is 1.96 bits per heavy atom. The van der Waals surface area contributed by atoms with Crippen LogP contribution in [0, 0.1) is 0 Å². The molecule has 1 heterocycles. The maximum atomic E-state index is 12.2. The Bertz CT molecular complexity index is 509. The highest BCUT2D eigenvalue weighted by molar-refractivity contribution is 6.31. The fourth-order valence-electron chi connectivity index (χ4n) is 2.10. The topological polar surface area (TPSA) is 79.4 Å². The normalized spacial score (nSPS) is 10.7. The van der Waals surface area contributed by atoms with Gasteiger partial charge in [0.1, 0.15) is 0 Å². The van der Waals surface area contributed by atoms with E-state index in [0.29, 0.717) is 18.9 Å². The van der Waals surface area contributed by atoms with Crippen LogP contribution in [0.3, 0.4) is 0 Å². The van der Waals surface area contributed by atoms with Crippen molar-refractivity contribution >= 4 is 23.3 Å². The van der Waals surface area contributed by atoms with E-state index in [2.05, 4.69) is 39.3 Å². The third-order valence-corrected chi connectivity index (χ3v) is 3.67. The fraction of sp³-hybridized carbons (Fsp3) is 0.667. The van der Waals surface area contributed by atoms with Crippen molar-refractivity contribution in [3.8, 4) is 5.88 Å². The molecule has 2 N–H and O–H groups in total. The van der Waals surface area contributed by atoms with Gasteiger partial charge in [0.25, 0.3) is 5.91 Å². The minimum Gasteiger partial charge on any atom is -0.479 e. The number of ether oxygens (including phenoxy) is 1. The fourth-order valence-corrected chi connectivity index (χ4v) is 2.29. The Labute approximate surface area is 142 Å². The second kappa shape index (κ2) is 10.2. The first kappa shape index (κ1) is 19.4. The molecular formula is C15H26ClN5O2. The molecule has 0 aliphatic heterocycles. The summed E-state index contributed by atoms with van der Waals surface area (Å²) < 4.78 is 5.15. The Morgan fingerprint density at radius 1 is 1.26 bits per heavy atom. The number of carbonyl (C=O) groups is 1. The first-order valence-corrected chi connectivity index (χ1v) is 8.30. The summed E-state index contributed by atoms with van der Waals surface area (Å²) in [4.78, 5) is 22.8. The van der Waals surface area contributed by atoms with Crippen molar-refractivity contribution in [2.45, 2.75) is 27.2 Å². The van der Waals surface area contributed by atoms with Gasteiger partial charge in [0, 0.05) is 13.1 Å². The molecule has 0 aliphatic carbocycles. The molecule has 1 aromatic rings. The number of methoxy groups -OCH3 is 1. The second-order valence-corrected chi connectivity index (χ2v) is 5.25. The average molecular weight is 344 g/mol.